The number of pyridine rings is 1. The molecule has 4 aromatic rings. The quantitative estimate of drug-likeness (QED) is 0.0828. The number of allylic oxidation sites excluding steroid dienone is 1. The Kier molecular flexibility index (Phi) is 13.9. The summed E-state index contributed by atoms with van der Waals surface area (Å²) in [6.07, 6.45) is 10.4. The third kappa shape index (κ3) is 10.0. The SMILES string of the molecule is C/C=C/C[C@H](CC[C@H]1O[C@@H](COCc2ccc(OC)cc2)C[C@H]1C[Se]c1ccccn1)O[Si](c1ccccc1)(c1ccccc1)C(C)(C)C. The molecule has 260 valence electrons. The Morgan fingerprint density at radius 3 is 2.18 bits per heavy atom. The first-order chi connectivity index (χ1) is 23.8. The molecule has 0 radical (unpaired) electrons. The Bertz CT molecular complexity index is 1510. The Labute approximate surface area is 301 Å². The van der Waals surface area contributed by atoms with Gasteiger partial charge in [-0.1, -0.05) is 0 Å². The molecule has 5 rings (SSSR count). The van der Waals surface area contributed by atoms with Crippen LogP contribution < -0.4 is 19.7 Å². The number of hydrogen-bond donors (Lipinski definition) is 0. The van der Waals surface area contributed by atoms with Gasteiger partial charge in [-0.25, -0.2) is 0 Å². The fraction of sp³-hybridized carbons (Fsp3) is 0.405. The van der Waals surface area contributed by atoms with Crippen molar-refractivity contribution in [3.05, 3.63) is 127 Å². The molecule has 1 aliphatic heterocycles. The number of methoxy groups -OCH3 is 1. The molecular formula is C42H53NO4SeSi. The van der Waals surface area contributed by atoms with E-state index in [2.05, 4.69) is 130 Å². The van der Waals surface area contributed by atoms with Crippen LogP contribution in [-0.2, 0) is 20.5 Å². The predicted octanol–water partition coefficient (Wildman–Crippen LogP) is 7.52. The Morgan fingerprint density at radius 2 is 1.59 bits per heavy atom. The van der Waals surface area contributed by atoms with Crippen LogP contribution in [-0.4, -0.2) is 60.3 Å². The van der Waals surface area contributed by atoms with Crippen molar-refractivity contribution in [2.24, 2.45) is 5.92 Å². The van der Waals surface area contributed by atoms with Crippen LogP contribution in [0.4, 0.5) is 0 Å². The normalized spacial score (nSPS) is 18.9. The molecule has 49 heavy (non-hydrogen) atoms. The summed E-state index contributed by atoms with van der Waals surface area (Å²) < 4.78 is 27.2. The van der Waals surface area contributed by atoms with E-state index in [0.717, 1.165) is 42.3 Å². The van der Waals surface area contributed by atoms with Crippen LogP contribution >= 0.6 is 0 Å². The third-order valence-corrected chi connectivity index (χ3v) is 16.9. The van der Waals surface area contributed by atoms with E-state index in [0.29, 0.717) is 34.1 Å². The van der Waals surface area contributed by atoms with Gasteiger partial charge in [0.2, 0.25) is 0 Å². The molecule has 1 aromatic heterocycles. The molecule has 0 unspecified atom stereocenters. The van der Waals surface area contributed by atoms with Crippen LogP contribution in [0.2, 0.25) is 10.4 Å². The Morgan fingerprint density at radius 1 is 0.918 bits per heavy atom. The number of benzene rings is 3. The Balaban J connectivity index is 1.33. The zero-order chi connectivity index (χ0) is 34.5. The second-order valence-electron chi connectivity index (χ2n) is 13.9. The summed E-state index contributed by atoms with van der Waals surface area (Å²) >= 11 is 0.294. The standard InChI is InChI=1S/C42H53NO4SeSi/c1-6-7-16-36(47-49(42(2,3)4,38-17-10-8-11-18-38)39-19-12-9-13-20-39)26-27-40-34(32-48-41-21-14-15-28-43-41)29-37(46-40)31-45-30-33-22-24-35(44-5)25-23-33/h6-15,17-25,28,34,36-37,40H,16,26-27,29-32H2,1-5H3/b7-6+/t34-,36+,37+,40+/m0/s1. The second-order valence-corrected chi connectivity index (χ2v) is 20.4. The average Bonchev–Trinajstić information content (AvgIpc) is 3.52. The molecule has 0 amide bonds. The maximum atomic E-state index is 7.65. The molecule has 0 bridgehead atoms. The molecule has 0 saturated carbocycles. The van der Waals surface area contributed by atoms with Gasteiger partial charge in [0.15, 0.2) is 0 Å². The van der Waals surface area contributed by atoms with Gasteiger partial charge < -0.3 is 0 Å². The third-order valence-electron chi connectivity index (χ3n) is 9.44. The van der Waals surface area contributed by atoms with Crippen LogP contribution in [0, 0.1) is 5.92 Å². The van der Waals surface area contributed by atoms with Crippen molar-refractivity contribution in [2.75, 3.05) is 13.7 Å². The average molecular weight is 743 g/mol. The number of nitrogens with zero attached hydrogens (tertiary/aromatic N) is 1. The van der Waals surface area contributed by atoms with E-state index in [1.807, 2.05) is 24.4 Å². The molecule has 0 aliphatic carbocycles. The molecule has 4 atom stereocenters. The first kappa shape index (κ1) is 37.2. The van der Waals surface area contributed by atoms with E-state index in [9.17, 15) is 0 Å². The van der Waals surface area contributed by atoms with Crippen molar-refractivity contribution in [3.63, 3.8) is 0 Å². The van der Waals surface area contributed by atoms with Crippen molar-refractivity contribution in [1.82, 2.24) is 4.98 Å². The van der Waals surface area contributed by atoms with Gasteiger partial charge in [0.1, 0.15) is 0 Å². The number of rotatable bonds is 17. The number of aromatic nitrogens is 1. The molecule has 5 nitrogen and oxygen atoms in total. The first-order valence-electron chi connectivity index (χ1n) is 17.6. The second kappa shape index (κ2) is 18.3. The summed E-state index contributed by atoms with van der Waals surface area (Å²) in [7, 11) is -1.00. The first-order valence-corrected chi connectivity index (χ1v) is 21.6. The summed E-state index contributed by atoms with van der Waals surface area (Å²) in [6.45, 7) is 10.3. The van der Waals surface area contributed by atoms with Crippen molar-refractivity contribution >= 4 is 38.2 Å². The molecule has 2 heterocycles. The van der Waals surface area contributed by atoms with Crippen LogP contribution in [0.15, 0.2) is 121 Å². The molecule has 1 saturated heterocycles. The van der Waals surface area contributed by atoms with Crippen molar-refractivity contribution in [3.8, 4) is 5.75 Å². The van der Waals surface area contributed by atoms with Gasteiger partial charge in [0.25, 0.3) is 0 Å². The van der Waals surface area contributed by atoms with Gasteiger partial charge in [-0.3, -0.25) is 0 Å². The Hall–Kier alpha value is -3.03. The van der Waals surface area contributed by atoms with E-state index in [1.165, 1.54) is 15.0 Å². The van der Waals surface area contributed by atoms with Gasteiger partial charge in [0, 0.05) is 0 Å². The summed E-state index contributed by atoms with van der Waals surface area (Å²) in [4.78, 5) is 4.64. The van der Waals surface area contributed by atoms with Crippen molar-refractivity contribution < 1.29 is 18.6 Å². The van der Waals surface area contributed by atoms with Crippen molar-refractivity contribution in [1.29, 1.82) is 0 Å². The van der Waals surface area contributed by atoms with Crippen LogP contribution in [0.1, 0.15) is 58.9 Å². The summed E-state index contributed by atoms with van der Waals surface area (Å²) in [6, 6.07) is 36.3. The molecule has 0 N–H and O–H groups in total. The minimum absolute atomic E-state index is 0.0680. The van der Waals surface area contributed by atoms with Crippen LogP contribution in [0.25, 0.3) is 0 Å². The number of ether oxygens (including phenoxy) is 3. The predicted molar refractivity (Wildman–Crippen MR) is 205 cm³/mol. The summed E-state index contributed by atoms with van der Waals surface area (Å²) in [5.41, 5.74) is 1.14. The topological polar surface area (TPSA) is 49.8 Å². The van der Waals surface area contributed by atoms with Gasteiger partial charge in [-0.15, -0.1) is 0 Å². The summed E-state index contributed by atoms with van der Waals surface area (Å²) in [5.74, 6) is 1.32. The van der Waals surface area contributed by atoms with E-state index in [4.69, 9.17) is 18.6 Å². The van der Waals surface area contributed by atoms with Gasteiger partial charge in [0.05, 0.1) is 7.11 Å². The minimum atomic E-state index is -2.69. The van der Waals surface area contributed by atoms with E-state index >= 15 is 0 Å². The van der Waals surface area contributed by atoms with E-state index in [1.54, 1.807) is 7.11 Å². The van der Waals surface area contributed by atoms with Crippen LogP contribution in [0.3, 0.4) is 0 Å². The van der Waals surface area contributed by atoms with Gasteiger partial charge in [-0.05, 0) is 0 Å². The molecule has 7 heteroatoms. The molecule has 3 aromatic carbocycles. The fourth-order valence-corrected chi connectivity index (χ4v) is 13.9. The molecule has 0 spiro atoms. The van der Waals surface area contributed by atoms with Gasteiger partial charge >= 0.3 is 296 Å². The summed E-state index contributed by atoms with van der Waals surface area (Å²) in [5, 5.41) is 3.68. The number of hydrogen-bond acceptors (Lipinski definition) is 5. The molecule has 1 aliphatic rings. The van der Waals surface area contributed by atoms with Crippen LogP contribution in [0.5, 0.6) is 5.75 Å². The maximum absolute atomic E-state index is 7.65. The molecular weight excluding hydrogens is 690 g/mol. The fourth-order valence-electron chi connectivity index (χ4n) is 6.95. The zero-order valence-corrected chi connectivity index (χ0v) is 32.5. The van der Waals surface area contributed by atoms with E-state index < -0.39 is 8.32 Å². The zero-order valence-electron chi connectivity index (χ0n) is 29.8. The van der Waals surface area contributed by atoms with Crippen molar-refractivity contribution in [2.45, 2.75) is 88.7 Å². The molecule has 1 fully saturated rings. The van der Waals surface area contributed by atoms with E-state index in [-0.39, 0.29) is 23.4 Å². The van der Waals surface area contributed by atoms with Gasteiger partial charge in [-0.2, -0.15) is 0 Å². The monoisotopic (exact) mass is 743 g/mol.